The number of aryl methyl sites for hydroxylation is 1. The highest BCUT2D eigenvalue weighted by Crippen LogP contribution is 2.15. The number of rotatable bonds is 6. The van der Waals surface area contributed by atoms with E-state index in [9.17, 15) is 15.2 Å². The van der Waals surface area contributed by atoms with E-state index in [0.717, 1.165) is 19.3 Å². The van der Waals surface area contributed by atoms with Crippen molar-refractivity contribution in [3.63, 3.8) is 0 Å². The zero-order valence-corrected chi connectivity index (χ0v) is 15.1. The number of hydrogen-bond acceptors (Lipinski definition) is 3. The quantitative estimate of drug-likeness (QED) is 0.296. The zero-order valence-electron chi connectivity index (χ0n) is 15.1. The van der Waals surface area contributed by atoms with Crippen LogP contribution in [0.2, 0.25) is 0 Å². The van der Waals surface area contributed by atoms with E-state index < -0.39 is 5.78 Å². The summed E-state index contributed by atoms with van der Waals surface area (Å²) in [6, 6.07) is 13.8. The van der Waals surface area contributed by atoms with Gasteiger partial charge in [0.25, 0.3) is 22.5 Å². The number of fused-ring (bicyclic) bond motifs is 1. The number of ketones is 1. The molecule has 0 aliphatic carbocycles. The molecule has 26 heavy (non-hydrogen) atoms. The second kappa shape index (κ2) is 7.52. The van der Waals surface area contributed by atoms with E-state index in [1.807, 2.05) is 12.1 Å². The first-order chi connectivity index (χ1) is 12.5. The van der Waals surface area contributed by atoms with E-state index in [0.29, 0.717) is 15.0 Å². The van der Waals surface area contributed by atoms with E-state index >= 15 is 0 Å². The van der Waals surface area contributed by atoms with E-state index in [1.165, 1.54) is 18.9 Å². The summed E-state index contributed by atoms with van der Waals surface area (Å²) < 4.78 is 1.21. The van der Waals surface area contributed by atoms with Crippen molar-refractivity contribution in [2.75, 3.05) is 0 Å². The minimum absolute atomic E-state index is 0.107. The predicted molar refractivity (Wildman–Crippen MR) is 99.7 cm³/mol. The molecule has 3 rings (SSSR count). The van der Waals surface area contributed by atoms with Crippen LogP contribution in [-0.2, 0) is 6.42 Å². The Morgan fingerprint density at radius 3 is 2.15 bits per heavy atom. The second-order valence-electron chi connectivity index (χ2n) is 6.49. The molecule has 3 aromatic rings. The van der Waals surface area contributed by atoms with Crippen LogP contribution < -0.4 is 9.46 Å². The van der Waals surface area contributed by atoms with E-state index in [-0.39, 0.29) is 22.4 Å². The predicted octanol–water partition coefficient (Wildman–Crippen LogP) is 3.38. The summed E-state index contributed by atoms with van der Waals surface area (Å²) in [6.07, 6.45) is 4.43. The summed E-state index contributed by atoms with van der Waals surface area (Å²) in [6.45, 7) is 3.66. The van der Waals surface area contributed by atoms with Gasteiger partial charge in [0.15, 0.2) is 0 Å². The summed E-state index contributed by atoms with van der Waals surface area (Å²) in [7, 11) is 0. The molecule has 0 spiro atoms. The Kier molecular flexibility index (Phi) is 5.16. The van der Waals surface area contributed by atoms with Gasteiger partial charge in [0.05, 0.1) is 0 Å². The monoisotopic (exact) mass is 350 g/mol. The van der Waals surface area contributed by atoms with Crippen molar-refractivity contribution in [1.29, 1.82) is 0 Å². The topological polar surface area (TPSA) is 71.0 Å². The number of nitrogens with zero attached hydrogens (tertiary/aromatic N) is 2. The third-order valence-electron chi connectivity index (χ3n) is 4.67. The van der Waals surface area contributed by atoms with Gasteiger partial charge in [0, 0.05) is 24.6 Å². The van der Waals surface area contributed by atoms with Gasteiger partial charge < -0.3 is 10.4 Å². The van der Waals surface area contributed by atoms with Gasteiger partial charge in [-0.25, -0.2) is 0 Å². The Morgan fingerprint density at radius 1 is 0.923 bits per heavy atom. The van der Waals surface area contributed by atoms with Crippen LogP contribution in [0.4, 0.5) is 0 Å². The molecule has 134 valence electrons. The molecule has 1 aromatic heterocycles. The fourth-order valence-corrected chi connectivity index (χ4v) is 3.15. The van der Waals surface area contributed by atoms with Gasteiger partial charge in [-0.05, 0) is 18.4 Å². The van der Waals surface area contributed by atoms with E-state index in [2.05, 4.69) is 6.92 Å². The van der Waals surface area contributed by atoms with E-state index in [1.54, 1.807) is 36.4 Å². The highest BCUT2D eigenvalue weighted by molar-refractivity contribution is 6.07. The van der Waals surface area contributed by atoms with Gasteiger partial charge in [0.1, 0.15) is 0 Å². The SMILES string of the molecule is CCCCCc1ccc(C(=O)c2c(C)[n+]([O-])c3ccccc3[n+]2[O-])cc1. The molecule has 0 bridgehead atoms. The molecule has 0 saturated heterocycles. The first-order valence-corrected chi connectivity index (χ1v) is 8.92. The molecule has 0 radical (unpaired) electrons. The molecule has 0 N–H and O–H groups in total. The number of aromatic nitrogens is 2. The molecule has 0 unspecified atom stereocenters. The first-order valence-electron chi connectivity index (χ1n) is 8.92. The minimum Gasteiger partial charge on any atom is -0.618 e. The van der Waals surface area contributed by atoms with E-state index in [4.69, 9.17) is 0 Å². The normalized spacial score (nSPS) is 11.0. The van der Waals surface area contributed by atoms with Crippen LogP contribution >= 0.6 is 0 Å². The second-order valence-corrected chi connectivity index (χ2v) is 6.49. The van der Waals surface area contributed by atoms with Gasteiger partial charge in [0.2, 0.25) is 0 Å². The lowest BCUT2D eigenvalue weighted by atomic mass is 10.0. The summed E-state index contributed by atoms with van der Waals surface area (Å²) in [4.78, 5) is 12.9. The van der Waals surface area contributed by atoms with Crippen LogP contribution in [0, 0.1) is 17.3 Å². The van der Waals surface area contributed by atoms with Crippen molar-refractivity contribution in [1.82, 2.24) is 0 Å². The first kappa shape index (κ1) is 17.9. The zero-order chi connectivity index (χ0) is 18.7. The summed E-state index contributed by atoms with van der Waals surface area (Å²) in [5, 5.41) is 25.2. The third kappa shape index (κ3) is 3.25. The van der Waals surface area contributed by atoms with Crippen molar-refractivity contribution in [3.8, 4) is 0 Å². The minimum atomic E-state index is -0.437. The summed E-state index contributed by atoms with van der Waals surface area (Å²) in [5.74, 6) is -0.437. The number of benzene rings is 2. The largest absolute Gasteiger partial charge is 0.618 e. The van der Waals surface area contributed by atoms with Gasteiger partial charge in [-0.15, -0.1) is 0 Å². The van der Waals surface area contributed by atoms with Crippen molar-refractivity contribution in [2.45, 2.75) is 39.5 Å². The molecule has 5 nitrogen and oxygen atoms in total. The maximum Gasteiger partial charge on any atom is 0.333 e. The molecule has 0 amide bonds. The van der Waals surface area contributed by atoms with Crippen LogP contribution in [0.1, 0.15) is 53.5 Å². The number of carbonyl (C=O) groups excluding carboxylic acids is 1. The lowest BCUT2D eigenvalue weighted by Gasteiger charge is -2.10. The number of carbonyl (C=O) groups is 1. The smallest absolute Gasteiger partial charge is 0.333 e. The maximum atomic E-state index is 12.9. The number of unbranched alkanes of at least 4 members (excludes halogenated alkanes) is 2. The summed E-state index contributed by atoms with van der Waals surface area (Å²) in [5.41, 5.74) is 2.00. The van der Waals surface area contributed by atoms with Crippen LogP contribution in [0.3, 0.4) is 0 Å². The standard InChI is InChI=1S/C21H22N2O3/c1-3-4-5-8-16-11-13-17(14-12-16)21(24)20-15(2)22(25)18-9-6-7-10-19(18)23(20)26/h6-7,9-14H,3-5,8H2,1-2H3. The Morgan fingerprint density at radius 2 is 1.54 bits per heavy atom. The number of para-hydroxylation sites is 2. The Labute approximate surface area is 152 Å². The molecular formula is C21H22N2O3. The molecule has 1 heterocycles. The molecule has 0 saturated carbocycles. The molecule has 0 aliphatic rings. The molecule has 0 aliphatic heterocycles. The average Bonchev–Trinajstić information content (AvgIpc) is 2.67. The lowest BCUT2D eigenvalue weighted by Crippen LogP contribution is -2.46. The van der Waals surface area contributed by atoms with Crippen molar-refractivity contribution >= 4 is 16.8 Å². The van der Waals surface area contributed by atoms with Crippen molar-refractivity contribution in [2.24, 2.45) is 0 Å². The van der Waals surface area contributed by atoms with Gasteiger partial charge in [-0.3, -0.25) is 4.79 Å². The van der Waals surface area contributed by atoms with Crippen molar-refractivity contribution in [3.05, 3.63) is 81.5 Å². The Balaban J connectivity index is 1.97. The van der Waals surface area contributed by atoms with Crippen molar-refractivity contribution < 1.29 is 14.3 Å². The maximum absolute atomic E-state index is 12.9. The molecule has 5 heteroatoms. The van der Waals surface area contributed by atoms with Crippen LogP contribution in [0.15, 0.2) is 48.5 Å². The molecular weight excluding hydrogens is 328 g/mol. The van der Waals surface area contributed by atoms with Crippen LogP contribution in [0.5, 0.6) is 0 Å². The fraction of sp³-hybridized carbons (Fsp3) is 0.286. The lowest BCUT2D eigenvalue weighted by molar-refractivity contribution is -0.635. The molecule has 0 atom stereocenters. The highest BCUT2D eigenvalue weighted by atomic mass is 16.5. The Bertz CT molecular complexity index is 950. The van der Waals surface area contributed by atoms with Gasteiger partial charge in [-0.2, -0.15) is 9.46 Å². The fourth-order valence-electron chi connectivity index (χ4n) is 3.15. The summed E-state index contributed by atoms with van der Waals surface area (Å²) >= 11 is 0. The van der Waals surface area contributed by atoms with Crippen LogP contribution in [-0.4, -0.2) is 5.78 Å². The average molecular weight is 350 g/mol. The molecule has 0 fully saturated rings. The van der Waals surface area contributed by atoms with Gasteiger partial charge >= 0.3 is 5.69 Å². The van der Waals surface area contributed by atoms with Crippen LogP contribution in [0.25, 0.3) is 11.0 Å². The highest BCUT2D eigenvalue weighted by Gasteiger charge is 2.31. The third-order valence-corrected chi connectivity index (χ3v) is 4.67. The Hall–Kier alpha value is -2.95. The molecule has 2 aromatic carbocycles. The van der Waals surface area contributed by atoms with Gasteiger partial charge in [-0.1, -0.05) is 56.2 Å². The number of hydrogen-bond donors (Lipinski definition) is 0.